The number of carbonyl (C=O) groups is 1. The molecule has 1 aliphatic carbocycles. The maximum absolute atomic E-state index is 13.3. The molecule has 0 amide bonds. The summed E-state index contributed by atoms with van der Waals surface area (Å²) in [6.07, 6.45) is 1.35. The highest BCUT2D eigenvalue weighted by Crippen LogP contribution is 2.44. The summed E-state index contributed by atoms with van der Waals surface area (Å²) >= 11 is 0. The fraction of sp³-hybridized carbons (Fsp3) is 0.562. The second kappa shape index (κ2) is 5.92. The number of carboxylic acid groups (broad SMARTS) is 1. The second-order valence-electron chi connectivity index (χ2n) is 5.94. The normalized spacial score (nSPS) is 23.4. The van der Waals surface area contributed by atoms with Gasteiger partial charge in [-0.25, -0.2) is 4.39 Å². The summed E-state index contributed by atoms with van der Waals surface area (Å²) in [7, 11) is 0. The van der Waals surface area contributed by atoms with E-state index in [9.17, 15) is 19.4 Å². The molecule has 2 rings (SSSR count). The molecule has 2 N–H and O–H groups in total. The lowest BCUT2D eigenvalue weighted by atomic mass is 9.66. The van der Waals surface area contributed by atoms with Crippen LogP contribution in [0.1, 0.15) is 37.3 Å². The first-order valence-corrected chi connectivity index (χ1v) is 7.07. The molecule has 0 spiro atoms. The topological polar surface area (TPSA) is 57.5 Å². The van der Waals surface area contributed by atoms with Gasteiger partial charge in [-0.05, 0) is 53.9 Å². The Morgan fingerprint density at radius 2 is 2.15 bits per heavy atom. The van der Waals surface area contributed by atoms with E-state index >= 15 is 0 Å². The van der Waals surface area contributed by atoms with Crippen LogP contribution in [0.25, 0.3) is 0 Å². The minimum atomic E-state index is -0.950. The molecule has 0 saturated heterocycles. The van der Waals surface area contributed by atoms with Crippen molar-refractivity contribution in [3.8, 4) is 0 Å². The number of aliphatic hydroxyl groups is 1. The van der Waals surface area contributed by atoms with Crippen LogP contribution >= 0.6 is 0 Å². The van der Waals surface area contributed by atoms with Gasteiger partial charge in [0.05, 0.1) is 12.5 Å². The summed E-state index contributed by atoms with van der Waals surface area (Å²) in [5, 5.41) is 18.7. The SMILES string of the molecule is CC(C)[C@H]1c2ccc(F)cc2CC[C@@H]1C(CO)C(=O)O. The number of rotatable bonds is 4. The quantitative estimate of drug-likeness (QED) is 0.891. The van der Waals surface area contributed by atoms with Crippen molar-refractivity contribution in [3.63, 3.8) is 0 Å². The number of aliphatic hydroxyl groups excluding tert-OH is 1. The third kappa shape index (κ3) is 2.70. The highest BCUT2D eigenvalue weighted by molar-refractivity contribution is 5.70. The predicted molar refractivity (Wildman–Crippen MR) is 74.0 cm³/mol. The van der Waals surface area contributed by atoms with Gasteiger partial charge < -0.3 is 10.2 Å². The molecule has 0 aromatic heterocycles. The lowest BCUT2D eigenvalue weighted by molar-refractivity contribution is -0.146. The van der Waals surface area contributed by atoms with Crippen LogP contribution in [0, 0.1) is 23.6 Å². The molecule has 0 heterocycles. The summed E-state index contributed by atoms with van der Waals surface area (Å²) < 4.78 is 13.3. The molecule has 0 radical (unpaired) electrons. The first-order chi connectivity index (χ1) is 9.45. The zero-order valence-corrected chi connectivity index (χ0v) is 11.8. The summed E-state index contributed by atoms with van der Waals surface area (Å²) in [6, 6.07) is 4.76. The van der Waals surface area contributed by atoms with Crippen molar-refractivity contribution in [2.45, 2.75) is 32.6 Å². The van der Waals surface area contributed by atoms with Gasteiger partial charge in [-0.15, -0.1) is 0 Å². The number of carboxylic acids is 1. The first-order valence-electron chi connectivity index (χ1n) is 7.07. The molecule has 4 heteroatoms. The number of benzene rings is 1. The Balaban J connectivity index is 2.42. The molecular weight excluding hydrogens is 259 g/mol. The van der Waals surface area contributed by atoms with Gasteiger partial charge in [0.2, 0.25) is 0 Å². The fourth-order valence-corrected chi connectivity index (χ4v) is 3.55. The molecule has 1 aromatic rings. The molecule has 3 atom stereocenters. The van der Waals surface area contributed by atoms with Crippen LogP contribution in [0.3, 0.4) is 0 Å². The highest BCUT2D eigenvalue weighted by Gasteiger charge is 2.39. The maximum atomic E-state index is 13.3. The molecule has 0 saturated carbocycles. The van der Waals surface area contributed by atoms with Gasteiger partial charge in [-0.1, -0.05) is 19.9 Å². The standard InChI is InChI=1S/C16H21FO3/c1-9(2)15-12-6-4-11(17)7-10(12)3-5-13(15)14(8-18)16(19)20/h4,6-7,9,13-15,18H,3,5,8H2,1-2H3,(H,19,20)/t13-,14?,15+/m1/s1. The molecule has 1 aliphatic rings. The zero-order chi connectivity index (χ0) is 14.9. The van der Waals surface area contributed by atoms with Gasteiger partial charge in [0.1, 0.15) is 5.82 Å². The van der Waals surface area contributed by atoms with E-state index in [1.165, 1.54) is 6.07 Å². The third-order valence-electron chi connectivity index (χ3n) is 4.42. The third-order valence-corrected chi connectivity index (χ3v) is 4.42. The van der Waals surface area contributed by atoms with Crippen LogP contribution in [-0.4, -0.2) is 22.8 Å². The van der Waals surface area contributed by atoms with E-state index in [0.29, 0.717) is 12.8 Å². The van der Waals surface area contributed by atoms with Gasteiger partial charge in [-0.2, -0.15) is 0 Å². The van der Waals surface area contributed by atoms with Crippen LogP contribution in [0.2, 0.25) is 0 Å². The summed E-state index contributed by atoms with van der Waals surface area (Å²) in [5.41, 5.74) is 2.01. The molecule has 1 aromatic carbocycles. The Morgan fingerprint density at radius 3 is 2.70 bits per heavy atom. The number of aryl methyl sites for hydroxylation is 1. The number of fused-ring (bicyclic) bond motifs is 1. The molecule has 0 aliphatic heterocycles. The summed E-state index contributed by atoms with van der Waals surface area (Å²) in [4.78, 5) is 11.3. The van der Waals surface area contributed by atoms with Crippen molar-refractivity contribution in [3.05, 3.63) is 35.1 Å². The molecule has 20 heavy (non-hydrogen) atoms. The molecule has 0 bridgehead atoms. The summed E-state index contributed by atoms with van der Waals surface area (Å²) in [6.45, 7) is 3.75. The van der Waals surface area contributed by atoms with E-state index in [1.54, 1.807) is 12.1 Å². The van der Waals surface area contributed by atoms with Crippen molar-refractivity contribution < 1.29 is 19.4 Å². The van der Waals surface area contributed by atoms with Crippen LogP contribution in [-0.2, 0) is 11.2 Å². The largest absolute Gasteiger partial charge is 0.481 e. The van der Waals surface area contributed by atoms with E-state index in [4.69, 9.17) is 0 Å². The first kappa shape index (κ1) is 15.0. The Morgan fingerprint density at radius 1 is 1.45 bits per heavy atom. The lowest BCUT2D eigenvalue weighted by Gasteiger charge is -2.38. The molecule has 1 unspecified atom stereocenters. The zero-order valence-electron chi connectivity index (χ0n) is 11.8. The van der Waals surface area contributed by atoms with Crippen LogP contribution in [0.4, 0.5) is 4.39 Å². The number of aliphatic carboxylic acids is 1. The monoisotopic (exact) mass is 280 g/mol. The average molecular weight is 280 g/mol. The minimum absolute atomic E-state index is 0.0487. The Hall–Kier alpha value is -1.42. The second-order valence-corrected chi connectivity index (χ2v) is 5.94. The minimum Gasteiger partial charge on any atom is -0.481 e. The smallest absolute Gasteiger partial charge is 0.309 e. The Labute approximate surface area is 118 Å². The van der Waals surface area contributed by atoms with E-state index < -0.39 is 11.9 Å². The van der Waals surface area contributed by atoms with Crippen LogP contribution in [0.5, 0.6) is 0 Å². The molecule has 110 valence electrons. The predicted octanol–water partition coefficient (Wildman–Crippen LogP) is 2.82. The molecule has 3 nitrogen and oxygen atoms in total. The van der Waals surface area contributed by atoms with Gasteiger partial charge in [-0.3, -0.25) is 4.79 Å². The number of hydrogen-bond acceptors (Lipinski definition) is 2. The maximum Gasteiger partial charge on any atom is 0.309 e. The fourth-order valence-electron chi connectivity index (χ4n) is 3.55. The lowest BCUT2D eigenvalue weighted by Crippen LogP contribution is -2.36. The molecule has 0 fully saturated rings. The number of hydrogen-bond donors (Lipinski definition) is 2. The van der Waals surface area contributed by atoms with Crippen LogP contribution < -0.4 is 0 Å². The van der Waals surface area contributed by atoms with E-state index in [0.717, 1.165) is 11.1 Å². The van der Waals surface area contributed by atoms with Crippen molar-refractivity contribution in [2.75, 3.05) is 6.61 Å². The van der Waals surface area contributed by atoms with Gasteiger partial charge in [0, 0.05) is 0 Å². The van der Waals surface area contributed by atoms with Crippen LogP contribution in [0.15, 0.2) is 18.2 Å². The van der Waals surface area contributed by atoms with E-state index in [-0.39, 0.29) is 30.2 Å². The van der Waals surface area contributed by atoms with Crippen molar-refractivity contribution in [2.24, 2.45) is 17.8 Å². The van der Waals surface area contributed by atoms with Crippen molar-refractivity contribution >= 4 is 5.97 Å². The molecular formula is C16H21FO3. The van der Waals surface area contributed by atoms with Gasteiger partial charge >= 0.3 is 5.97 Å². The van der Waals surface area contributed by atoms with Gasteiger partial charge in [0.25, 0.3) is 0 Å². The Bertz CT molecular complexity index is 498. The highest BCUT2D eigenvalue weighted by atomic mass is 19.1. The van der Waals surface area contributed by atoms with E-state index in [1.807, 2.05) is 13.8 Å². The number of halogens is 1. The van der Waals surface area contributed by atoms with Crippen molar-refractivity contribution in [1.29, 1.82) is 0 Å². The van der Waals surface area contributed by atoms with E-state index in [2.05, 4.69) is 0 Å². The van der Waals surface area contributed by atoms with Crippen molar-refractivity contribution in [1.82, 2.24) is 0 Å². The average Bonchev–Trinajstić information content (AvgIpc) is 2.38. The Kier molecular flexibility index (Phi) is 4.43. The van der Waals surface area contributed by atoms with Gasteiger partial charge in [0.15, 0.2) is 0 Å². The summed E-state index contributed by atoms with van der Waals surface area (Å²) in [5.74, 6) is -1.75.